The second-order valence-electron chi connectivity index (χ2n) is 6.98. The van der Waals surface area contributed by atoms with Crippen LogP contribution in [0.1, 0.15) is 54.9 Å². The van der Waals surface area contributed by atoms with Crippen LogP contribution in [0.25, 0.3) is 0 Å². The summed E-state index contributed by atoms with van der Waals surface area (Å²) in [5.74, 6) is 0.0802. The molecule has 0 spiro atoms. The summed E-state index contributed by atoms with van der Waals surface area (Å²) in [6.07, 6.45) is 5.28. The van der Waals surface area contributed by atoms with E-state index in [1.807, 2.05) is 18.2 Å². The fraction of sp³-hybridized carbons (Fsp3) is 0.348. The number of halogens is 1. The Bertz CT molecular complexity index is 875. The number of hydrogen-bond donors (Lipinski definition) is 3. The lowest BCUT2D eigenvalue weighted by molar-refractivity contribution is -0.119. The van der Waals surface area contributed by atoms with Gasteiger partial charge in [-0.05, 0) is 61.0 Å². The van der Waals surface area contributed by atoms with Gasteiger partial charge in [0.1, 0.15) is 5.75 Å². The van der Waals surface area contributed by atoms with Gasteiger partial charge >= 0.3 is 0 Å². The average molecular weight is 462 g/mol. The van der Waals surface area contributed by atoms with Crippen molar-refractivity contribution in [3.05, 3.63) is 64.7 Å². The molecule has 0 aliphatic heterocycles. The van der Waals surface area contributed by atoms with Gasteiger partial charge in [0.05, 0.1) is 6.61 Å². The van der Waals surface area contributed by atoms with E-state index in [0.717, 1.165) is 24.2 Å². The summed E-state index contributed by atoms with van der Waals surface area (Å²) in [4.78, 5) is 24.3. The van der Waals surface area contributed by atoms with Crippen LogP contribution in [0.3, 0.4) is 0 Å². The van der Waals surface area contributed by atoms with Crippen molar-refractivity contribution < 1.29 is 14.3 Å². The topological polar surface area (TPSA) is 79.5 Å². The number of aryl methyl sites for hydroxylation is 1. The highest BCUT2D eigenvalue weighted by molar-refractivity contribution is 7.80. The molecule has 2 aromatic rings. The van der Waals surface area contributed by atoms with Gasteiger partial charge in [0.25, 0.3) is 5.91 Å². The molecule has 31 heavy (non-hydrogen) atoms. The maximum Gasteiger partial charge on any atom is 0.269 e. The van der Waals surface area contributed by atoms with E-state index >= 15 is 0 Å². The molecule has 0 fully saturated rings. The highest BCUT2D eigenvalue weighted by Gasteiger charge is 2.09. The maximum absolute atomic E-state index is 12.2. The van der Waals surface area contributed by atoms with E-state index in [1.54, 1.807) is 30.3 Å². The summed E-state index contributed by atoms with van der Waals surface area (Å²) in [6, 6.07) is 14.2. The number of unbranched alkanes of at least 4 members (excludes halogenated alkanes) is 3. The summed E-state index contributed by atoms with van der Waals surface area (Å²) in [6.45, 7) is 2.83. The van der Waals surface area contributed by atoms with Gasteiger partial charge in [-0.3, -0.25) is 20.4 Å². The molecule has 166 valence electrons. The molecular formula is C23H28ClN3O3S. The molecule has 0 saturated carbocycles. The molecule has 0 heterocycles. The average Bonchev–Trinajstić information content (AvgIpc) is 2.77. The van der Waals surface area contributed by atoms with Crippen LogP contribution in [0, 0.1) is 0 Å². The first-order valence-corrected chi connectivity index (χ1v) is 11.1. The summed E-state index contributed by atoms with van der Waals surface area (Å²) < 4.78 is 5.67. The maximum atomic E-state index is 12.2. The highest BCUT2D eigenvalue weighted by atomic mass is 35.5. The van der Waals surface area contributed by atoms with Crippen molar-refractivity contribution >= 4 is 40.7 Å². The molecule has 0 aliphatic rings. The molecule has 0 unspecified atom stereocenters. The first-order chi connectivity index (χ1) is 15.0. The summed E-state index contributed by atoms with van der Waals surface area (Å²) in [5.41, 5.74) is 6.33. The number of amides is 2. The highest BCUT2D eigenvalue weighted by Crippen LogP contribution is 2.16. The number of carbonyl (C=O) groups is 2. The van der Waals surface area contributed by atoms with E-state index in [2.05, 4.69) is 23.1 Å². The number of rotatable bonds is 10. The molecule has 6 nitrogen and oxygen atoms in total. The Labute approximate surface area is 193 Å². The van der Waals surface area contributed by atoms with Gasteiger partial charge in [-0.1, -0.05) is 56.0 Å². The molecule has 0 saturated heterocycles. The van der Waals surface area contributed by atoms with Crippen LogP contribution in [0.2, 0.25) is 5.02 Å². The zero-order chi connectivity index (χ0) is 22.5. The Hall–Kier alpha value is -2.64. The van der Waals surface area contributed by atoms with Crippen molar-refractivity contribution in [2.45, 2.75) is 45.4 Å². The molecule has 3 N–H and O–H groups in total. The number of benzene rings is 2. The standard InChI is InChI=1S/C23H28ClN3O3S/c1-2-3-4-7-16-30-19-13-10-18(11-14-19)22(29)26-27-23(31)25-21(28)15-12-17-8-5-6-9-20(17)24/h5-6,8-11,13-14H,2-4,7,12,15-16H2,1H3,(H,26,29)(H2,25,27,28,31). The van der Waals surface area contributed by atoms with Gasteiger partial charge < -0.3 is 10.1 Å². The number of ether oxygens (including phenoxy) is 1. The summed E-state index contributed by atoms with van der Waals surface area (Å²) in [7, 11) is 0. The van der Waals surface area contributed by atoms with E-state index in [9.17, 15) is 9.59 Å². The minimum Gasteiger partial charge on any atom is -0.494 e. The molecule has 0 aromatic heterocycles. The van der Waals surface area contributed by atoms with Crippen LogP contribution in [0.4, 0.5) is 0 Å². The Kier molecular flexibility index (Phi) is 10.8. The molecule has 8 heteroatoms. The van der Waals surface area contributed by atoms with Gasteiger partial charge in [-0.15, -0.1) is 0 Å². The number of hydrazine groups is 1. The van der Waals surface area contributed by atoms with Crippen molar-refractivity contribution in [2.75, 3.05) is 6.61 Å². The lowest BCUT2D eigenvalue weighted by Gasteiger charge is -2.11. The van der Waals surface area contributed by atoms with Gasteiger partial charge in [0.2, 0.25) is 5.91 Å². The normalized spacial score (nSPS) is 10.3. The molecular weight excluding hydrogens is 434 g/mol. The third kappa shape index (κ3) is 9.36. The van der Waals surface area contributed by atoms with E-state index in [4.69, 9.17) is 28.6 Å². The number of thiocarbonyl (C=S) groups is 1. The first-order valence-electron chi connectivity index (χ1n) is 10.4. The smallest absolute Gasteiger partial charge is 0.269 e. The Morgan fingerprint density at radius 1 is 1.00 bits per heavy atom. The molecule has 2 amide bonds. The Balaban J connectivity index is 1.68. The zero-order valence-electron chi connectivity index (χ0n) is 17.6. The van der Waals surface area contributed by atoms with E-state index in [0.29, 0.717) is 23.6 Å². The van der Waals surface area contributed by atoms with Crippen LogP contribution in [-0.4, -0.2) is 23.5 Å². The first kappa shape index (κ1) is 24.6. The van der Waals surface area contributed by atoms with Crippen molar-refractivity contribution in [3.8, 4) is 5.75 Å². The van der Waals surface area contributed by atoms with E-state index in [-0.39, 0.29) is 23.3 Å². The molecule has 0 radical (unpaired) electrons. The van der Waals surface area contributed by atoms with E-state index in [1.165, 1.54) is 12.8 Å². The van der Waals surface area contributed by atoms with Crippen LogP contribution in [-0.2, 0) is 11.2 Å². The minimum atomic E-state index is -0.373. The van der Waals surface area contributed by atoms with Gasteiger partial charge in [0.15, 0.2) is 5.11 Å². The van der Waals surface area contributed by atoms with Gasteiger partial charge in [-0.2, -0.15) is 0 Å². The number of carbonyl (C=O) groups excluding carboxylic acids is 2. The van der Waals surface area contributed by atoms with Crippen molar-refractivity contribution in [2.24, 2.45) is 0 Å². The Morgan fingerprint density at radius 2 is 1.74 bits per heavy atom. The fourth-order valence-corrected chi connectivity index (χ4v) is 3.17. The second kappa shape index (κ2) is 13.6. The van der Waals surface area contributed by atoms with Crippen molar-refractivity contribution in [1.29, 1.82) is 0 Å². The molecule has 0 aliphatic carbocycles. The van der Waals surface area contributed by atoms with Crippen LogP contribution in [0.5, 0.6) is 5.75 Å². The monoisotopic (exact) mass is 461 g/mol. The van der Waals surface area contributed by atoms with Crippen LogP contribution >= 0.6 is 23.8 Å². The quantitative estimate of drug-likeness (QED) is 0.274. The van der Waals surface area contributed by atoms with E-state index < -0.39 is 0 Å². The molecule has 2 rings (SSSR count). The molecule has 2 aromatic carbocycles. The van der Waals surface area contributed by atoms with Crippen LogP contribution < -0.4 is 20.9 Å². The third-order valence-corrected chi connectivity index (χ3v) is 5.08. The predicted molar refractivity (Wildman–Crippen MR) is 127 cm³/mol. The fourth-order valence-electron chi connectivity index (χ4n) is 2.78. The van der Waals surface area contributed by atoms with Crippen molar-refractivity contribution in [3.63, 3.8) is 0 Å². The number of nitrogens with one attached hydrogen (secondary N) is 3. The number of hydrogen-bond acceptors (Lipinski definition) is 4. The van der Waals surface area contributed by atoms with Crippen molar-refractivity contribution in [1.82, 2.24) is 16.2 Å². The summed E-state index contributed by atoms with van der Waals surface area (Å²) in [5, 5.41) is 3.17. The largest absolute Gasteiger partial charge is 0.494 e. The lowest BCUT2D eigenvalue weighted by atomic mass is 10.1. The van der Waals surface area contributed by atoms with Gasteiger partial charge in [-0.25, -0.2) is 0 Å². The predicted octanol–water partition coefficient (Wildman–Crippen LogP) is 4.57. The Morgan fingerprint density at radius 3 is 2.45 bits per heavy atom. The second-order valence-corrected chi connectivity index (χ2v) is 7.80. The zero-order valence-corrected chi connectivity index (χ0v) is 19.2. The minimum absolute atomic E-state index is 0.0181. The third-order valence-electron chi connectivity index (χ3n) is 4.50. The molecule has 0 bridgehead atoms. The SMILES string of the molecule is CCCCCCOc1ccc(C(=O)NNC(=S)NC(=O)CCc2ccccc2Cl)cc1. The van der Waals surface area contributed by atoms with Crippen LogP contribution in [0.15, 0.2) is 48.5 Å². The van der Waals surface area contributed by atoms with Gasteiger partial charge in [0, 0.05) is 17.0 Å². The lowest BCUT2D eigenvalue weighted by Crippen LogP contribution is -2.48. The summed E-state index contributed by atoms with van der Waals surface area (Å²) >= 11 is 11.1. The molecule has 0 atom stereocenters.